The maximum absolute atomic E-state index is 11.1. The molecule has 3 rings (SSSR count). The molecule has 2 heterocycles. The summed E-state index contributed by atoms with van der Waals surface area (Å²) in [6.45, 7) is 3.59. The molecule has 1 aromatic carbocycles. The summed E-state index contributed by atoms with van der Waals surface area (Å²) in [6, 6.07) is 8.31. The van der Waals surface area contributed by atoms with Crippen LogP contribution in [0.15, 0.2) is 24.4 Å². The fourth-order valence-electron chi connectivity index (χ4n) is 3.51. The summed E-state index contributed by atoms with van der Waals surface area (Å²) in [6.07, 6.45) is 3.89. The van der Waals surface area contributed by atoms with Gasteiger partial charge in [0.1, 0.15) is 6.07 Å². The van der Waals surface area contributed by atoms with Crippen LogP contribution in [0.5, 0.6) is 0 Å². The summed E-state index contributed by atoms with van der Waals surface area (Å²) < 4.78 is 11.1. The minimum Gasteiger partial charge on any atom is -0.370 e. The molecule has 1 aliphatic heterocycles. The van der Waals surface area contributed by atoms with Gasteiger partial charge in [0.15, 0.2) is 0 Å². The van der Waals surface area contributed by atoms with E-state index in [1.54, 1.807) is 6.20 Å². The highest BCUT2D eigenvalue weighted by atomic mass is 31.2. The Morgan fingerprint density at radius 3 is 2.72 bits per heavy atom. The fraction of sp³-hybridized carbons (Fsp3) is 0.444. The smallest absolute Gasteiger partial charge is 0.325 e. The van der Waals surface area contributed by atoms with Crippen LogP contribution in [0.25, 0.3) is 10.9 Å². The van der Waals surface area contributed by atoms with Gasteiger partial charge in [-0.05, 0) is 44.2 Å². The summed E-state index contributed by atoms with van der Waals surface area (Å²) in [4.78, 5) is 24.7. The van der Waals surface area contributed by atoms with Crippen LogP contribution in [-0.4, -0.2) is 34.0 Å². The Balaban J connectivity index is 1.82. The Bertz CT molecular complexity index is 864. The molecule has 0 atom stereocenters. The molecule has 1 fully saturated rings. The number of benzene rings is 1. The SMILES string of the molecule is Cc1ccc2ncc(C#N)c(N3CCC(CCP(=O)(O)O)CC3)c2c1. The third-order valence-corrected chi connectivity index (χ3v) is 5.72. The fourth-order valence-corrected chi connectivity index (χ4v) is 4.21. The zero-order valence-electron chi connectivity index (χ0n) is 14.2. The van der Waals surface area contributed by atoms with E-state index >= 15 is 0 Å². The zero-order chi connectivity index (χ0) is 18.0. The lowest BCUT2D eigenvalue weighted by atomic mass is 9.93. The number of hydrogen-bond acceptors (Lipinski definition) is 4. The van der Waals surface area contributed by atoms with Gasteiger partial charge in [0.05, 0.1) is 22.9 Å². The molecular formula is C18H22N3O3P. The number of anilines is 1. The molecule has 6 nitrogen and oxygen atoms in total. The third kappa shape index (κ3) is 4.19. The Labute approximate surface area is 147 Å². The predicted octanol–water partition coefficient (Wildman–Crippen LogP) is 3.20. The second-order valence-corrected chi connectivity index (χ2v) is 8.54. The van der Waals surface area contributed by atoms with Crippen molar-refractivity contribution in [3.8, 4) is 6.07 Å². The predicted molar refractivity (Wildman–Crippen MR) is 97.7 cm³/mol. The van der Waals surface area contributed by atoms with Crippen LogP contribution in [0.1, 0.15) is 30.4 Å². The van der Waals surface area contributed by atoms with Crippen LogP contribution in [0.4, 0.5) is 5.69 Å². The van der Waals surface area contributed by atoms with Gasteiger partial charge < -0.3 is 14.7 Å². The van der Waals surface area contributed by atoms with E-state index in [0.717, 1.165) is 48.1 Å². The summed E-state index contributed by atoms with van der Waals surface area (Å²) in [5.74, 6) is 0.323. The molecule has 0 amide bonds. The van der Waals surface area contributed by atoms with Crippen molar-refractivity contribution in [2.75, 3.05) is 24.2 Å². The Morgan fingerprint density at radius 2 is 2.08 bits per heavy atom. The van der Waals surface area contributed by atoms with Crippen LogP contribution in [0.3, 0.4) is 0 Å². The number of nitrogens with zero attached hydrogens (tertiary/aromatic N) is 3. The number of hydrogen-bond donors (Lipinski definition) is 2. The van der Waals surface area contributed by atoms with Crippen LogP contribution in [0, 0.1) is 24.2 Å². The van der Waals surface area contributed by atoms with Gasteiger partial charge in [-0.2, -0.15) is 5.26 Å². The highest BCUT2D eigenvalue weighted by Gasteiger charge is 2.25. The van der Waals surface area contributed by atoms with Gasteiger partial charge in [-0.1, -0.05) is 11.6 Å². The van der Waals surface area contributed by atoms with Crippen molar-refractivity contribution >= 4 is 24.2 Å². The average Bonchev–Trinajstić information content (AvgIpc) is 2.58. The van der Waals surface area contributed by atoms with E-state index in [1.165, 1.54) is 0 Å². The Kier molecular flexibility index (Phi) is 5.10. The molecule has 1 aliphatic rings. The first kappa shape index (κ1) is 17.9. The van der Waals surface area contributed by atoms with E-state index in [0.29, 0.717) is 17.9 Å². The number of fused-ring (bicyclic) bond motifs is 1. The summed E-state index contributed by atoms with van der Waals surface area (Å²) >= 11 is 0. The molecule has 132 valence electrons. The summed E-state index contributed by atoms with van der Waals surface area (Å²) in [7, 11) is -3.92. The van der Waals surface area contributed by atoms with Crippen molar-refractivity contribution in [3.63, 3.8) is 0 Å². The van der Waals surface area contributed by atoms with Crippen LogP contribution < -0.4 is 4.90 Å². The highest BCUT2D eigenvalue weighted by molar-refractivity contribution is 7.51. The second-order valence-electron chi connectivity index (χ2n) is 6.76. The van der Waals surface area contributed by atoms with Gasteiger partial charge in [0.25, 0.3) is 0 Å². The van der Waals surface area contributed by atoms with Crippen molar-refractivity contribution in [2.45, 2.75) is 26.2 Å². The number of piperidine rings is 1. The topological polar surface area (TPSA) is 97.5 Å². The normalized spacial score (nSPS) is 16.2. The van der Waals surface area contributed by atoms with E-state index < -0.39 is 7.60 Å². The van der Waals surface area contributed by atoms with E-state index in [4.69, 9.17) is 9.79 Å². The molecule has 25 heavy (non-hydrogen) atoms. The van der Waals surface area contributed by atoms with Crippen molar-refractivity contribution < 1.29 is 14.4 Å². The highest BCUT2D eigenvalue weighted by Crippen LogP contribution is 2.39. The van der Waals surface area contributed by atoms with Gasteiger partial charge in [-0.25, -0.2) is 0 Å². The number of aryl methyl sites for hydroxylation is 1. The molecule has 0 aliphatic carbocycles. The number of pyridine rings is 1. The second kappa shape index (κ2) is 7.13. The van der Waals surface area contributed by atoms with Crippen molar-refractivity contribution in [1.29, 1.82) is 5.26 Å². The van der Waals surface area contributed by atoms with E-state index in [2.05, 4.69) is 22.0 Å². The monoisotopic (exact) mass is 359 g/mol. The van der Waals surface area contributed by atoms with Crippen molar-refractivity contribution in [3.05, 3.63) is 35.5 Å². The lowest BCUT2D eigenvalue weighted by molar-refractivity contribution is 0.350. The number of rotatable bonds is 4. The molecule has 1 aromatic heterocycles. The van der Waals surface area contributed by atoms with E-state index in [-0.39, 0.29) is 6.16 Å². The number of nitriles is 1. The third-order valence-electron chi connectivity index (χ3n) is 4.87. The maximum atomic E-state index is 11.1. The average molecular weight is 359 g/mol. The molecule has 0 radical (unpaired) electrons. The molecule has 7 heteroatoms. The first-order valence-electron chi connectivity index (χ1n) is 8.46. The zero-order valence-corrected chi connectivity index (χ0v) is 15.1. The first-order valence-corrected chi connectivity index (χ1v) is 10.3. The molecule has 0 saturated carbocycles. The minimum atomic E-state index is -3.92. The largest absolute Gasteiger partial charge is 0.370 e. The van der Waals surface area contributed by atoms with Gasteiger partial charge in [-0.15, -0.1) is 0 Å². The molecule has 0 unspecified atom stereocenters. The molecule has 0 spiro atoms. The van der Waals surface area contributed by atoms with Crippen LogP contribution in [-0.2, 0) is 4.57 Å². The molecular weight excluding hydrogens is 337 g/mol. The van der Waals surface area contributed by atoms with Gasteiger partial charge in [0.2, 0.25) is 0 Å². The Hall–Kier alpha value is -1.93. The van der Waals surface area contributed by atoms with Gasteiger partial charge in [-0.3, -0.25) is 9.55 Å². The van der Waals surface area contributed by atoms with Gasteiger partial charge >= 0.3 is 7.60 Å². The quantitative estimate of drug-likeness (QED) is 0.814. The van der Waals surface area contributed by atoms with Crippen molar-refractivity contribution in [2.24, 2.45) is 5.92 Å². The maximum Gasteiger partial charge on any atom is 0.325 e. The summed E-state index contributed by atoms with van der Waals surface area (Å²) in [5.41, 5.74) is 3.52. The lowest BCUT2D eigenvalue weighted by Crippen LogP contribution is -2.34. The number of aromatic nitrogens is 1. The van der Waals surface area contributed by atoms with Crippen molar-refractivity contribution in [1.82, 2.24) is 4.98 Å². The standard InChI is InChI=1S/C18H22N3O3P/c1-13-2-3-17-16(10-13)18(15(11-19)12-20-17)21-7-4-14(5-8-21)6-9-25(22,23)24/h2-3,10,12,14H,4-9H2,1H3,(H2,22,23,24). The van der Waals surface area contributed by atoms with Crippen LogP contribution >= 0.6 is 7.60 Å². The molecule has 2 N–H and O–H groups in total. The van der Waals surface area contributed by atoms with Gasteiger partial charge in [0, 0.05) is 24.7 Å². The minimum absolute atomic E-state index is 0.0432. The van der Waals surface area contributed by atoms with E-state index in [1.807, 2.05) is 19.1 Å². The Morgan fingerprint density at radius 1 is 1.36 bits per heavy atom. The first-order chi connectivity index (χ1) is 11.9. The molecule has 2 aromatic rings. The lowest BCUT2D eigenvalue weighted by Gasteiger charge is -2.34. The molecule has 1 saturated heterocycles. The summed E-state index contributed by atoms with van der Waals surface area (Å²) in [5, 5.41) is 10.5. The van der Waals surface area contributed by atoms with Crippen LogP contribution in [0.2, 0.25) is 0 Å². The van der Waals surface area contributed by atoms with E-state index in [9.17, 15) is 9.83 Å². The molecule has 0 bridgehead atoms.